The molecule has 2 amide bonds. The van der Waals surface area contributed by atoms with Crippen LogP contribution in [0.4, 0.5) is 13.2 Å². The number of hydrogen-bond acceptors (Lipinski definition) is 5. The molecular weight excluding hydrogens is 439 g/mol. The van der Waals surface area contributed by atoms with Crippen LogP contribution < -0.4 is 5.32 Å². The van der Waals surface area contributed by atoms with Gasteiger partial charge in [0, 0.05) is 38.3 Å². The van der Waals surface area contributed by atoms with E-state index in [1.807, 2.05) is 0 Å². The van der Waals surface area contributed by atoms with Crippen LogP contribution in [-0.4, -0.2) is 67.9 Å². The minimum Gasteiger partial charge on any atom is -0.459 e. The lowest BCUT2D eigenvalue weighted by Crippen LogP contribution is -2.51. The number of alkyl halides is 3. The van der Waals surface area contributed by atoms with Crippen molar-refractivity contribution in [2.24, 2.45) is 0 Å². The van der Waals surface area contributed by atoms with Gasteiger partial charge in [-0.1, -0.05) is 0 Å². The Morgan fingerprint density at radius 3 is 2.23 bits per heavy atom. The summed E-state index contributed by atoms with van der Waals surface area (Å²) < 4.78 is 69.0. The van der Waals surface area contributed by atoms with Gasteiger partial charge in [-0.25, -0.2) is 8.42 Å². The van der Waals surface area contributed by atoms with Crippen LogP contribution in [-0.2, 0) is 16.2 Å². The summed E-state index contributed by atoms with van der Waals surface area (Å²) in [5, 5.41) is 2.39. The fraction of sp³-hybridized carbons (Fsp3) is 0.368. The van der Waals surface area contributed by atoms with Gasteiger partial charge < -0.3 is 14.6 Å². The smallest absolute Gasteiger partial charge is 0.416 e. The molecule has 0 aliphatic carbocycles. The zero-order chi connectivity index (χ0) is 22.6. The number of amides is 2. The molecule has 0 spiro atoms. The first-order valence-corrected chi connectivity index (χ1v) is 10.9. The lowest BCUT2D eigenvalue weighted by molar-refractivity contribution is -0.137. The van der Waals surface area contributed by atoms with Crippen molar-refractivity contribution < 1.29 is 35.6 Å². The van der Waals surface area contributed by atoms with Gasteiger partial charge >= 0.3 is 6.18 Å². The number of carbonyl (C=O) groups excluding carboxylic acids is 2. The molecule has 0 saturated carbocycles. The summed E-state index contributed by atoms with van der Waals surface area (Å²) in [5.74, 6) is -1.17. The molecule has 0 unspecified atom stereocenters. The minimum atomic E-state index is -4.50. The van der Waals surface area contributed by atoms with Crippen molar-refractivity contribution in [3.8, 4) is 0 Å². The number of rotatable bonds is 6. The van der Waals surface area contributed by atoms with E-state index in [9.17, 15) is 31.2 Å². The highest BCUT2D eigenvalue weighted by atomic mass is 32.2. The van der Waals surface area contributed by atoms with Crippen molar-refractivity contribution in [3.05, 3.63) is 59.5 Å². The number of sulfonamides is 1. The molecule has 1 fully saturated rings. The lowest BCUT2D eigenvalue weighted by Gasteiger charge is -2.33. The summed E-state index contributed by atoms with van der Waals surface area (Å²) in [7, 11) is -3.68. The fourth-order valence-electron chi connectivity index (χ4n) is 3.06. The van der Waals surface area contributed by atoms with Crippen molar-refractivity contribution in [2.75, 3.05) is 38.5 Å². The molecular formula is C19H20F3N3O5S. The van der Waals surface area contributed by atoms with Crippen LogP contribution in [0, 0.1) is 0 Å². The van der Waals surface area contributed by atoms with Gasteiger partial charge in [0.1, 0.15) is 0 Å². The van der Waals surface area contributed by atoms with Crippen molar-refractivity contribution >= 4 is 21.8 Å². The van der Waals surface area contributed by atoms with E-state index in [2.05, 4.69) is 5.32 Å². The molecule has 2 heterocycles. The van der Waals surface area contributed by atoms with E-state index < -0.39 is 27.7 Å². The fourth-order valence-corrected chi connectivity index (χ4v) is 4.40. The molecule has 0 radical (unpaired) electrons. The molecule has 1 aromatic carbocycles. The number of benzene rings is 1. The molecule has 0 bridgehead atoms. The molecule has 12 heteroatoms. The van der Waals surface area contributed by atoms with E-state index in [0.717, 1.165) is 24.3 Å². The van der Waals surface area contributed by atoms with Crippen LogP contribution in [0.15, 0.2) is 47.1 Å². The molecule has 1 aromatic heterocycles. The predicted octanol–water partition coefficient (Wildman–Crippen LogP) is 1.82. The monoisotopic (exact) mass is 459 g/mol. The molecule has 1 N–H and O–H groups in total. The van der Waals surface area contributed by atoms with Crippen LogP contribution >= 0.6 is 0 Å². The first kappa shape index (κ1) is 22.8. The standard InChI is InChI=1S/C19H20F3N3O5S/c20-19(21,22)15-5-3-14(4-6-15)17(26)23-7-13-31(28,29)25-10-8-24(9-11-25)18(27)16-2-1-12-30-16/h1-6,12H,7-11,13H2,(H,23,26). The topological polar surface area (TPSA) is 99.9 Å². The normalized spacial score (nSPS) is 15.6. The van der Waals surface area contributed by atoms with Gasteiger partial charge in [0.2, 0.25) is 10.0 Å². The molecule has 168 valence electrons. The van der Waals surface area contributed by atoms with E-state index in [1.54, 1.807) is 6.07 Å². The molecule has 1 aliphatic rings. The zero-order valence-electron chi connectivity index (χ0n) is 16.3. The Hall–Kier alpha value is -2.86. The average Bonchev–Trinajstić information content (AvgIpc) is 3.27. The van der Waals surface area contributed by atoms with Gasteiger partial charge in [0.25, 0.3) is 11.8 Å². The number of piperazine rings is 1. The molecule has 31 heavy (non-hydrogen) atoms. The maximum atomic E-state index is 12.6. The summed E-state index contributed by atoms with van der Waals surface area (Å²) >= 11 is 0. The third kappa shape index (κ3) is 5.64. The number of furan rings is 1. The zero-order valence-corrected chi connectivity index (χ0v) is 17.1. The van der Waals surface area contributed by atoms with E-state index >= 15 is 0 Å². The second kappa shape index (κ2) is 9.10. The van der Waals surface area contributed by atoms with Gasteiger partial charge in [-0.05, 0) is 36.4 Å². The first-order valence-electron chi connectivity index (χ1n) is 9.34. The highest BCUT2D eigenvalue weighted by Gasteiger charge is 2.31. The molecule has 3 rings (SSSR count). The van der Waals surface area contributed by atoms with Gasteiger partial charge in [-0.15, -0.1) is 0 Å². The van der Waals surface area contributed by atoms with E-state index in [0.29, 0.717) is 0 Å². The van der Waals surface area contributed by atoms with E-state index in [1.165, 1.54) is 21.5 Å². The minimum absolute atomic E-state index is 0.00421. The number of hydrogen-bond donors (Lipinski definition) is 1. The van der Waals surface area contributed by atoms with Gasteiger partial charge in [-0.2, -0.15) is 17.5 Å². The highest BCUT2D eigenvalue weighted by molar-refractivity contribution is 7.89. The number of nitrogens with zero attached hydrogens (tertiary/aromatic N) is 2. The summed E-state index contributed by atoms with van der Waals surface area (Å²) in [5.41, 5.74) is -0.883. The molecule has 1 aliphatic heterocycles. The second-order valence-electron chi connectivity index (χ2n) is 6.82. The summed E-state index contributed by atoms with van der Waals surface area (Å²) in [4.78, 5) is 25.8. The number of nitrogens with one attached hydrogen (secondary N) is 1. The number of halogens is 3. The highest BCUT2D eigenvalue weighted by Crippen LogP contribution is 2.29. The predicted molar refractivity (Wildman–Crippen MR) is 104 cm³/mol. The third-order valence-corrected chi connectivity index (χ3v) is 6.64. The van der Waals surface area contributed by atoms with E-state index in [4.69, 9.17) is 4.42 Å². The summed E-state index contributed by atoms with van der Waals surface area (Å²) in [6.07, 6.45) is -3.12. The van der Waals surface area contributed by atoms with Crippen molar-refractivity contribution in [1.29, 1.82) is 0 Å². The largest absolute Gasteiger partial charge is 0.459 e. The summed E-state index contributed by atoms with van der Waals surface area (Å²) in [6.45, 7) is 0.435. The van der Waals surface area contributed by atoms with Crippen molar-refractivity contribution in [2.45, 2.75) is 6.18 Å². The van der Waals surface area contributed by atoms with Gasteiger partial charge in [0.05, 0.1) is 17.6 Å². The average molecular weight is 459 g/mol. The maximum Gasteiger partial charge on any atom is 0.416 e. The van der Waals surface area contributed by atoms with E-state index in [-0.39, 0.29) is 55.7 Å². The van der Waals surface area contributed by atoms with Gasteiger partial charge in [-0.3, -0.25) is 9.59 Å². The molecule has 1 saturated heterocycles. The Labute approximate surface area is 176 Å². The maximum absolute atomic E-state index is 12.6. The van der Waals surface area contributed by atoms with Crippen LogP contribution in [0.2, 0.25) is 0 Å². The molecule has 8 nitrogen and oxygen atoms in total. The Balaban J connectivity index is 1.47. The third-order valence-electron chi connectivity index (χ3n) is 4.77. The number of carbonyl (C=O) groups is 2. The van der Waals surface area contributed by atoms with Crippen LogP contribution in [0.25, 0.3) is 0 Å². The van der Waals surface area contributed by atoms with Crippen LogP contribution in [0.3, 0.4) is 0 Å². The molecule has 0 atom stereocenters. The Morgan fingerprint density at radius 1 is 1.03 bits per heavy atom. The quantitative estimate of drug-likeness (QED) is 0.711. The van der Waals surface area contributed by atoms with Crippen LogP contribution in [0.1, 0.15) is 26.5 Å². The molecule has 2 aromatic rings. The Kier molecular flexibility index (Phi) is 6.70. The van der Waals surface area contributed by atoms with Crippen LogP contribution in [0.5, 0.6) is 0 Å². The Bertz CT molecular complexity index is 1010. The van der Waals surface area contributed by atoms with Crippen molar-refractivity contribution in [3.63, 3.8) is 0 Å². The lowest BCUT2D eigenvalue weighted by atomic mass is 10.1. The summed E-state index contributed by atoms with van der Waals surface area (Å²) in [6, 6.07) is 6.76. The van der Waals surface area contributed by atoms with Gasteiger partial charge in [0.15, 0.2) is 5.76 Å². The first-order chi connectivity index (χ1) is 14.6. The SMILES string of the molecule is O=C(NCCS(=O)(=O)N1CCN(C(=O)c2ccco2)CC1)c1ccc(C(F)(F)F)cc1. The second-order valence-corrected chi connectivity index (χ2v) is 8.90. The van der Waals surface area contributed by atoms with Crippen molar-refractivity contribution in [1.82, 2.24) is 14.5 Å². The Morgan fingerprint density at radius 2 is 1.68 bits per heavy atom.